The summed E-state index contributed by atoms with van der Waals surface area (Å²) in [6.07, 6.45) is 0. The second kappa shape index (κ2) is 6.74. The van der Waals surface area contributed by atoms with Crippen LogP contribution in [0.4, 0.5) is 5.69 Å². The Kier molecular flexibility index (Phi) is 4.14. The van der Waals surface area contributed by atoms with Crippen molar-refractivity contribution in [3.63, 3.8) is 0 Å². The first-order valence-corrected chi connectivity index (χ1v) is 10.6. The van der Waals surface area contributed by atoms with Crippen LogP contribution < -0.4 is 13.8 Å². The molecule has 0 radical (unpaired) electrons. The monoisotopic (exact) mass is 423 g/mol. The Morgan fingerprint density at radius 1 is 1.03 bits per heavy atom. The first kappa shape index (κ1) is 18.4. The standard InChI is InChI=1S/C21H17N3O5S/c1-27-14-9-10-15(17(11-14)28-2)21-22-19(29-23-21)12-24-16-7-3-5-13-6-4-8-18(20(13)16)30(24,25)26/h3-11H,12H2,1-2H3. The molecule has 0 aliphatic carbocycles. The number of hydrogen-bond donors (Lipinski definition) is 0. The summed E-state index contributed by atoms with van der Waals surface area (Å²) >= 11 is 0. The first-order valence-electron chi connectivity index (χ1n) is 9.12. The maximum atomic E-state index is 13.1. The van der Waals surface area contributed by atoms with Gasteiger partial charge in [-0.05, 0) is 29.7 Å². The van der Waals surface area contributed by atoms with E-state index >= 15 is 0 Å². The minimum absolute atomic E-state index is 0.0679. The van der Waals surface area contributed by atoms with Crippen LogP contribution in [-0.4, -0.2) is 32.8 Å². The second-order valence-electron chi connectivity index (χ2n) is 6.72. The van der Waals surface area contributed by atoms with Gasteiger partial charge in [0.1, 0.15) is 18.0 Å². The number of ether oxygens (including phenoxy) is 2. The van der Waals surface area contributed by atoms with Crippen molar-refractivity contribution >= 4 is 26.5 Å². The Morgan fingerprint density at radius 2 is 1.83 bits per heavy atom. The summed E-state index contributed by atoms with van der Waals surface area (Å²) in [5, 5.41) is 5.58. The summed E-state index contributed by atoms with van der Waals surface area (Å²) in [6.45, 7) is -0.0679. The molecule has 5 rings (SSSR count). The Hall–Kier alpha value is -3.59. The molecule has 2 heterocycles. The zero-order chi connectivity index (χ0) is 20.9. The van der Waals surface area contributed by atoms with Crippen LogP contribution >= 0.6 is 0 Å². The van der Waals surface area contributed by atoms with E-state index in [4.69, 9.17) is 14.0 Å². The number of methoxy groups -OCH3 is 2. The largest absolute Gasteiger partial charge is 0.497 e. The molecule has 1 aliphatic rings. The highest BCUT2D eigenvalue weighted by Gasteiger charge is 2.36. The number of nitrogens with zero attached hydrogens (tertiary/aromatic N) is 3. The molecule has 152 valence electrons. The van der Waals surface area contributed by atoms with Gasteiger partial charge in [0, 0.05) is 11.5 Å². The molecule has 30 heavy (non-hydrogen) atoms. The lowest BCUT2D eigenvalue weighted by Crippen LogP contribution is -2.26. The van der Waals surface area contributed by atoms with E-state index in [1.165, 1.54) is 11.4 Å². The number of anilines is 1. The van der Waals surface area contributed by atoms with Gasteiger partial charge in [-0.3, -0.25) is 4.31 Å². The van der Waals surface area contributed by atoms with Gasteiger partial charge in [-0.15, -0.1) is 0 Å². The number of benzene rings is 3. The van der Waals surface area contributed by atoms with Gasteiger partial charge in [0.15, 0.2) is 0 Å². The molecule has 0 amide bonds. The van der Waals surface area contributed by atoms with Crippen molar-refractivity contribution in [3.05, 3.63) is 60.5 Å². The van der Waals surface area contributed by atoms with Crippen LogP contribution in [0, 0.1) is 0 Å². The minimum atomic E-state index is -3.71. The van der Waals surface area contributed by atoms with Crippen molar-refractivity contribution in [2.75, 3.05) is 18.5 Å². The van der Waals surface area contributed by atoms with Crippen molar-refractivity contribution in [2.24, 2.45) is 0 Å². The van der Waals surface area contributed by atoms with E-state index in [0.717, 1.165) is 5.39 Å². The lowest BCUT2D eigenvalue weighted by atomic mass is 10.1. The summed E-state index contributed by atoms with van der Waals surface area (Å²) in [5.74, 6) is 1.63. The molecular formula is C21H17N3O5S. The second-order valence-corrected chi connectivity index (χ2v) is 8.55. The Labute approximate surface area is 172 Å². The average molecular weight is 423 g/mol. The number of hydrogen-bond acceptors (Lipinski definition) is 7. The molecule has 3 aromatic carbocycles. The number of aromatic nitrogens is 2. The van der Waals surface area contributed by atoms with Crippen molar-refractivity contribution in [2.45, 2.75) is 11.4 Å². The molecule has 0 fully saturated rings. The molecule has 8 nitrogen and oxygen atoms in total. The Balaban J connectivity index is 1.52. The lowest BCUT2D eigenvalue weighted by molar-refractivity contribution is 0.379. The van der Waals surface area contributed by atoms with E-state index in [1.807, 2.05) is 18.2 Å². The maximum Gasteiger partial charge on any atom is 0.265 e. The smallest absolute Gasteiger partial charge is 0.265 e. The lowest BCUT2D eigenvalue weighted by Gasteiger charge is -2.16. The maximum absolute atomic E-state index is 13.1. The third-order valence-electron chi connectivity index (χ3n) is 5.08. The molecule has 0 bridgehead atoms. The first-order chi connectivity index (χ1) is 14.5. The van der Waals surface area contributed by atoms with E-state index in [-0.39, 0.29) is 17.3 Å². The molecule has 0 saturated carbocycles. The molecule has 9 heteroatoms. The fourth-order valence-electron chi connectivity index (χ4n) is 3.66. The zero-order valence-corrected chi connectivity index (χ0v) is 17.0. The average Bonchev–Trinajstić information content (AvgIpc) is 3.32. The van der Waals surface area contributed by atoms with Crippen LogP contribution in [0.5, 0.6) is 11.5 Å². The summed E-state index contributed by atoms with van der Waals surface area (Å²) < 4.78 is 43.5. The molecular weight excluding hydrogens is 406 g/mol. The fraction of sp³-hybridized carbons (Fsp3) is 0.143. The van der Waals surface area contributed by atoms with E-state index in [0.29, 0.717) is 34.0 Å². The van der Waals surface area contributed by atoms with Gasteiger partial charge in [0.2, 0.25) is 11.7 Å². The fourth-order valence-corrected chi connectivity index (χ4v) is 5.32. The highest BCUT2D eigenvalue weighted by atomic mass is 32.2. The molecule has 0 spiro atoms. The van der Waals surface area contributed by atoms with Crippen molar-refractivity contribution in [1.82, 2.24) is 10.1 Å². The van der Waals surface area contributed by atoms with E-state index in [2.05, 4.69) is 10.1 Å². The summed E-state index contributed by atoms with van der Waals surface area (Å²) in [5.41, 5.74) is 1.22. The Bertz CT molecular complexity index is 1380. The van der Waals surface area contributed by atoms with Gasteiger partial charge < -0.3 is 14.0 Å². The van der Waals surface area contributed by atoms with E-state index in [1.54, 1.807) is 43.5 Å². The van der Waals surface area contributed by atoms with Gasteiger partial charge in [-0.1, -0.05) is 29.4 Å². The van der Waals surface area contributed by atoms with Crippen LogP contribution in [0.25, 0.3) is 22.2 Å². The summed E-state index contributed by atoms with van der Waals surface area (Å²) in [4.78, 5) is 4.68. The molecule has 0 N–H and O–H groups in total. The molecule has 0 atom stereocenters. The molecule has 1 aromatic heterocycles. The van der Waals surface area contributed by atoms with Gasteiger partial charge in [0.05, 0.1) is 30.4 Å². The van der Waals surface area contributed by atoms with Crippen molar-refractivity contribution in [1.29, 1.82) is 0 Å². The van der Waals surface area contributed by atoms with E-state index < -0.39 is 10.0 Å². The zero-order valence-electron chi connectivity index (χ0n) is 16.2. The quantitative estimate of drug-likeness (QED) is 0.484. The van der Waals surface area contributed by atoms with Crippen LogP contribution in [-0.2, 0) is 16.6 Å². The van der Waals surface area contributed by atoms with Gasteiger partial charge >= 0.3 is 0 Å². The molecule has 1 aliphatic heterocycles. The van der Waals surface area contributed by atoms with Crippen molar-refractivity contribution < 1.29 is 22.4 Å². The molecule has 0 saturated heterocycles. The van der Waals surface area contributed by atoms with Gasteiger partial charge in [0.25, 0.3) is 10.0 Å². The van der Waals surface area contributed by atoms with Crippen molar-refractivity contribution in [3.8, 4) is 22.9 Å². The van der Waals surface area contributed by atoms with Crippen LogP contribution in [0.15, 0.2) is 64.0 Å². The number of sulfonamides is 1. The summed E-state index contributed by atoms with van der Waals surface area (Å²) in [7, 11) is -0.608. The SMILES string of the molecule is COc1ccc(-c2noc(CN3c4cccc5cccc(c45)S3(=O)=O)n2)c(OC)c1. The highest BCUT2D eigenvalue weighted by Crippen LogP contribution is 2.42. The van der Waals surface area contributed by atoms with Gasteiger partial charge in [-0.25, -0.2) is 8.42 Å². The normalized spacial score (nSPS) is 14.3. The Morgan fingerprint density at radius 3 is 2.60 bits per heavy atom. The predicted octanol–water partition coefficient (Wildman–Crippen LogP) is 3.62. The predicted molar refractivity (Wildman–Crippen MR) is 110 cm³/mol. The summed E-state index contributed by atoms with van der Waals surface area (Å²) in [6, 6.07) is 16.0. The number of rotatable bonds is 5. The van der Waals surface area contributed by atoms with Crippen LogP contribution in [0.3, 0.4) is 0 Å². The van der Waals surface area contributed by atoms with Crippen LogP contribution in [0.1, 0.15) is 5.89 Å². The van der Waals surface area contributed by atoms with Gasteiger partial charge in [-0.2, -0.15) is 4.98 Å². The van der Waals surface area contributed by atoms with Crippen LogP contribution in [0.2, 0.25) is 0 Å². The molecule has 0 unspecified atom stereocenters. The third kappa shape index (κ3) is 2.70. The highest BCUT2D eigenvalue weighted by molar-refractivity contribution is 7.93. The molecule has 4 aromatic rings. The topological polar surface area (TPSA) is 94.8 Å². The van der Waals surface area contributed by atoms with E-state index in [9.17, 15) is 8.42 Å². The third-order valence-corrected chi connectivity index (χ3v) is 6.88. The minimum Gasteiger partial charge on any atom is -0.497 e.